The van der Waals surface area contributed by atoms with Crippen molar-refractivity contribution >= 4 is 18.0 Å². The normalized spacial score (nSPS) is 11.1. The number of H-pyrrole nitrogens is 2. The summed E-state index contributed by atoms with van der Waals surface area (Å²) in [5.74, 6) is 0.701. The predicted molar refractivity (Wildman–Crippen MR) is 81.4 cm³/mol. The van der Waals surface area contributed by atoms with Crippen LogP contribution in [-0.4, -0.2) is 34.3 Å². The van der Waals surface area contributed by atoms with E-state index in [0.717, 1.165) is 5.69 Å². The molecular formula is C13H9N7OS. The van der Waals surface area contributed by atoms with Gasteiger partial charge in [0, 0.05) is 11.9 Å². The monoisotopic (exact) mass is 311 g/mol. The van der Waals surface area contributed by atoms with E-state index in [1.54, 1.807) is 4.57 Å². The van der Waals surface area contributed by atoms with Gasteiger partial charge in [0.25, 0.3) is 11.3 Å². The molecule has 0 bridgehead atoms. The number of aromatic amines is 2. The molecule has 0 fully saturated rings. The molecule has 3 aromatic heterocycles. The van der Waals surface area contributed by atoms with Crippen LogP contribution in [0.4, 0.5) is 0 Å². The van der Waals surface area contributed by atoms with Gasteiger partial charge < -0.3 is 0 Å². The Balaban J connectivity index is 2.03. The van der Waals surface area contributed by atoms with Crippen LogP contribution in [0.5, 0.6) is 0 Å². The fourth-order valence-corrected chi connectivity index (χ4v) is 2.48. The van der Waals surface area contributed by atoms with Gasteiger partial charge in [0.1, 0.15) is 11.9 Å². The first-order valence-corrected chi connectivity index (χ1v) is 6.81. The van der Waals surface area contributed by atoms with Gasteiger partial charge in [0.05, 0.1) is 0 Å². The lowest BCUT2D eigenvalue weighted by molar-refractivity contribution is 0.894. The molecule has 0 aliphatic rings. The van der Waals surface area contributed by atoms with Crippen molar-refractivity contribution in [1.29, 1.82) is 0 Å². The highest BCUT2D eigenvalue weighted by molar-refractivity contribution is 7.71. The van der Waals surface area contributed by atoms with E-state index in [0.29, 0.717) is 21.9 Å². The molecule has 3 heterocycles. The predicted octanol–water partition coefficient (Wildman–Crippen LogP) is 1.33. The summed E-state index contributed by atoms with van der Waals surface area (Å²) in [4.78, 5) is 20.6. The van der Waals surface area contributed by atoms with Crippen LogP contribution in [-0.2, 0) is 0 Å². The Morgan fingerprint density at radius 3 is 2.77 bits per heavy atom. The fourth-order valence-electron chi connectivity index (χ4n) is 2.25. The molecule has 4 rings (SSSR count). The number of hydrogen-bond acceptors (Lipinski definition) is 5. The van der Waals surface area contributed by atoms with E-state index in [1.165, 1.54) is 17.0 Å². The minimum atomic E-state index is -0.298. The van der Waals surface area contributed by atoms with E-state index in [-0.39, 0.29) is 5.56 Å². The van der Waals surface area contributed by atoms with E-state index in [1.807, 2.05) is 30.3 Å². The van der Waals surface area contributed by atoms with Crippen LogP contribution < -0.4 is 5.56 Å². The van der Waals surface area contributed by atoms with Crippen LogP contribution in [0.1, 0.15) is 0 Å². The molecule has 8 nitrogen and oxygen atoms in total. The number of nitrogens with one attached hydrogen (secondary N) is 2. The van der Waals surface area contributed by atoms with Gasteiger partial charge in [-0.2, -0.15) is 9.61 Å². The number of aromatic nitrogens is 7. The van der Waals surface area contributed by atoms with Gasteiger partial charge in [-0.15, -0.1) is 0 Å². The molecule has 0 aliphatic carbocycles. The average molecular weight is 311 g/mol. The van der Waals surface area contributed by atoms with Crippen LogP contribution in [0.3, 0.4) is 0 Å². The van der Waals surface area contributed by atoms with E-state index in [9.17, 15) is 4.79 Å². The Labute approximate surface area is 128 Å². The average Bonchev–Trinajstić information content (AvgIpc) is 3.16. The van der Waals surface area contributed by atoms with Crippen molar-refractivity contribution in [2.75, 3.05) is 0 Å². The lowest BCUT2D eigenvalue weighted by Gasteiger charge is -2.05. The molecule has 2 N–H and O–H groups in total. The summed E-state index contributed by atoms with van der Waals surface area (Å²) in [6.07, 6.45) is 2.85. The van der Waals surface area contributed by atoms with Crippen molar-refractivity contribution in [3.05, 3.63) is 58.0 Å². The summed E-state index contributed by atoms with van der Waals surface area (Å²) in [7, 11) is 0. The van der Waals surface area contributed by atoms with Crippen molar-refractivity contribution in [2.45, 2.75) is 0 Å². The van der Waals surface area contributed by atoms with Crippen molar-refractivity contribution in [3.63, 3.8) is 0 Å². The molecule has 0 saturated carbocycles. The Morgan fingerprint density at radius 1 is 1.14 bits per heavy atom. The fraction of sp³-hybridized carbons (Fsp3) is 0. The number of hydrogen-bond donors (Lipinski definition) is 2. The first-order valence-electron chi connectivity index (χ1n) is 6.40. The highest BCUT2D eigenvalue weighted by atomic mass is 32.1. The molecule has 22 heavy (non-hydrogen) atoms. The first-order chi connectivity index (χ1) is 10.8. The third kappa shape index (κ3) is 1.79. The Bertz CT molecular complexity index is 1070. The van der Waals surface area contributed by atoms with Crippen molar-refractivity contribution in [2.24, 2.45) is 0 Å². The zero-order chi connectivity index (χ0) is 15.1. The van der Waals surface area contributed by atoms with Crippen LogP contribution in [0.15, 0.2) is 47.7 Å². The lowest BCUT2D eigenvalue weighted by atomic mass is 10.2. The molecule has 0 saturated heterocycles. The molecule has 0 atom stereocenters. The second-order valence-electron chi connectivity index (χ2n) is 4.52. The van der Waals surface area contributed by atoms with Gasteiger partial charge in [-0.05, 0) is 24.4 Å². The Morgan fingerprint density at radius 2 is 1.95 bits per heavy atom. The van der Waals surface area contributed by atoms with Gasteiger partial charge >= 0.3 is 0 Å². The molecule has 0 radical (unpaired) electrons. The first kappa shape index (κ1) is 12.7. The number of para-hydroxylation sites is 1. The standard InChI is InChI=1S/C13H9N7OS/c21-11-9(6-14-12-15-7-16-20(11)12)10-17-18-13(22)19(10)8-4-2-1-3-5-8/h1-7H,(H,18,22)(H,14,15,16). The van der Waals surface area contributed by atoms with E-state index < -0.39 is 0 Å². The Kier molecular flexibility index (Phi) is 2.73. The van der Waals surface area contributed by atoms with Crippen LogP contribution in [0, 0.1) is 4.77 Å². The summed E-state index contributed by atoms with van der Waals surface area (Å²) in [5, 5.41) is 9.61. The van der Waals surface area contributed by atoms with Crippen LogP contribution >= 0.6 is 12.2 Å². The van der Waals surface area contributed by atoms with Crippen LogP contribution in [0.25, 0.3) is 22.9 Å². The van der Waals surface area contributed by atoms with Gasteiger partial charge in [-0.1, -0.05) is 18.2 Å². The summed E-state index contributed by atoms with van der Waals surface area (Å²) < 4.78 is 3.34. The minimum Gasteiger partial charge on any atom is -0.278 e. The smallest absolute Gasteiger partial charge is 0.278 e. The van der Waals surface area contributed by atoms with Gasteiger partial charge in [-0.3, -0.25) is 19.6 Å². The molecular weight excluding hydrogens is 302 g/mol. The topological polar surface area (TPSA) is 96.7 Å². The second kappa shape index (κ2) is 4.74. The molecule has 0 unspecified atom stereocenters. The molecule has 0 aliphatic heterocycles. The van der Waals surface area contributed by atoms with Crippen molar-refractivity contribution in [3.8, 4) is 17.1 Å². The maximum Gasteiger partial charge on any atom is 0.285 e. The molecule has 108 valence electrons. The highest BCUT2D eigenvalue weighted by Crippen LogP contribution is 2.18. The SMILES string of the molecule is O=c1c(-c2n[nH]c(=S)n2-c2ccccc2)cnc2nc[nH]n12. The van der Waals surface area contributed by atoms with Crippen molar-refractivity contribution < 1.29 is 0 Å². The molecule has 1 aromatic carbocycles. The minimum absolute atomic E-state index is 0.298. The van der Waals surface area contributed by atoms with E-state index in [2.05, 4.69) is 25.3 Å². The molecule has 0 amide bonds. The summed E-state index contributed by atoms with van der Waals surface area (Å²) in [5.41, 5.74) is 0.831. The highest BCUT2D eigenvalue weighted by Gasteiger charge is 2.16. The third-order valence-corrected chi connectivity index (χ3v) is 3.51. The largest absolute Gasteiger partial charge is 0.285 e. The molecule has 9 heteroatoms. The Hall–Kier alpha value is -3.07. The van der Waals surface area contributed by atoms with Crippen molar-refractivity contribution in [1.82, 2.24) is 34.3 Å². The lowest BCUT2D eigenvalue weighted by Crippen LogP contribution is -2.18. The zero-order valence-corrected chi connectivity index (χ0v) is 11.9. The summed E-state index contributed by atoms with van der Waals surface area (Å²) in [6.45, 7) is 0. The maximum atomic E-state index is 12.5. The van der Waals surface area contributed by atoms with Gasteiger partial charge in [0.2, 0.25) is 0 Å². The second-order valence-corrected chi connectivity index (χ2v) is 4.91. The number of rotatable bonds is 2. The van der Waals surface area contributed by atoms with Gasteiger partial charge in [0.15, 0.2) is 10.6 Å². The maximum absolute atomic E-state index is 12.5. The third-order valence-electron chi connectivity index (χ3n) is 3.24. The zero-order valence-electron chi connectivity index (χ0n) is 11.1. The summed E-state index contributed by atoms with van der Waals surface area (Å²) in [6, 6.07) is 9.44. The van der Waals surface area contributed by atoms with E-state index >= 15 is 0 Å². The summed E-state index contributed by atoms with van der Waals surface area (Å²) >= 11 is 5.27. The molecule has 0 spiro atoms. The van der Waals surface area contributed by atoms with E-state index in [4.69, 9.17) is 12.2 Å². The number of nitrogens with zero attached hydrogens (tertiary/aromatic N) is 5. The quantitative estimate of drug-likeness (QED) is 0.544. The number of fused-ring (bicyclic) bond motifs is 1. The molecule has 4 aromatic rings. The van der Waals surface area contributed by atoms with Crippen LogP contribution in [0.2, 0.25) is 0 Å². The van der Waals surface area contributed by atoms with Gasteiger partial charge in [-0.25, -0.2) is 9.97 Å². The number of benzene rings is 1.